The van der Waals surface area contributed by atoms with E-state index in [0.717, 1.165) is 0 Å². The van der Waals surface area contributed by atoms with E-state index in [1.165, 1.54) is 0 Å². The summed E-state index contributed by atoms with van der Waals surface area (Å²) in [6, 6.07) is 0. The second kappa shape index (κ2) is 2.05. The molecule has 2 atom stereocenters. The van der Waals surface area contributed by atoms with Crippen molar-refractivity contribution in [2.45, 2.75) is 12.4 Å². The van der Waals surface area contributed by atoms with E-state index in [1.54, 1.807) is 6.08 Å². The second-order valence-electron chi connectivity index (χ2n) is 2.22. The monoisotopic (exact) mass is 160 g/mol. The topological polar surface area (TPSA) is 35.5 Å². The molecule has 2 rings (SSSR count). The predicted molar refractivity (Wildman–Crippen MR) is 33.6 cm³/mol. The fourth-order valence-corrected chi connectivity index (χ4v) is 1.23. The molecule has 0 unspecified atom stereocenters. The van der Waals surface area contributed by atoms with Crippen molar-refractivity contribution in [3.05, 3.63) is 11.1 Å². The van der Waals surface area contributed by atoms with Crippen LogP contribution in [0.1, 0.15) is 0 Å². The lowest BCUT2D eigenvalue weighted by Gasteiger charge is -2.12. The van der Waals surface area contributed by atoms with Crippen LogP contribution in [0.25, 0.3) is 0 Å². The number of hydrogen-bond acceptors (Lipinski definition) is 3. The van der Waals surface area contributed by atoms with Gasteiger partial charge in [0.25, 0.3) is 0 Å². The van der Waals surface area contributed by atoms with Gasteiger partial charge in [0.1, 0.15) is 6.10 Å². The normalized spacial score (nSPS) is 38.1. The van der Waals surface area contributed by atoms with E-state index in [9.17, 15) is 4.79 Å². The van der Waals surface area contributed by atoms with Crippen LogP contribution in [0.3, 0.4) is 0 Å². The van der Waals surface area contributed by atoms with Gasteiger partial charge in [-0.1, -0.05) is 11.6 Å². The third-order valence-corrected chi connectivity index (χ3v) is 1.80. The summed E-state index contributed by atoms with van der Waals surface area (Å²) in [6.07, 6.45) is 0.727. The Morgan fingerprint density at radius 2 is 2.50 bits per heavy atom. The summed E-state index contributed by atoms with van der Waals surface area (Å²) in [4.78, 5) is 10.9. The number of fused-ring (bicyclic) bond motifs is 2. The van der Waals surface area contributed by atoms with Gasteiger partial charge < -0.3 is 9.47 Å². The summed E-state index contributed by atoms with van der Waals surface area (Å²) in [5.74, 6) is -0.268. The molecule has 0 aliphatic carbocycles. The lowest BCUT2D eigenvalue weighted by molar-refractivity contribution is -0.142. The van der Waals surface area contributed by atoms with Gasteiger partial charge in [0, 0.05) is 0 Å². The molecule has 0 aromatic heterocycles. The summed E-state index contributed by atoms with van der Waals surface area (Å²) < 4.78 is 10.00. The van der Waals surface area contributed by atoms with E-state index < -0.39 is 6.29 Å². The molecule has 4 heteroatoms. The number of Topliss-reactive ketones (excluding diaryl/α,β-unsaturated/α-hetero) is 1. The first-order valence-corrected chi connectivity index (χ1v) is 3.34. The Kier molecular flexibility index (Phi) is 1.30. The van der Waals surface area contributed by atoms with Crippen molar-refractivity contribution in [1.29, 1.82) is 0 Å². The van der Waals surface area contributed by atoms with E-state index in [1.807, 2.05) is 0 Å². The molecular weight excluding hydrogens is 156 g/mol. The van der Waals surface area contributed by atoms with E-state index in [4.69, 9.17) is 21.1 Å². The molecule has 0 radical (unpaired) electrons. The van der Waals surface area contributed by atoms with Crippen molar-refractivity contribution in [3.8, 4) is 0 Å². The molecule has 1 saturated heterocycles. The van der Waals surface area contributed by atoms with Crippen molar-refractivity contribution in [2.75, 3.05) is 6.61 Å². The maximum atomic E-state index is 10.9. The van der Waals surface area contributed by atoms with Crippen LogP contribution in [-0.4, -0.2) is 24.8 Å². The third kappa shape index (κ3) is 0.785. The number of carbonyl (C=O) groups is 1. The van der Waals surface area contributed by atoms with Gasteiger partial charge in [-0.25, -0.2) is 0 Å². The molecule has 3 nitrogen and oxygen atoms in total. The molecule has 0 aromatic rings. The molecule has 0 saturated carbocycles. The summed E-state index contributed by atoms with van der Waals surface area (Å²) >= 11 is 5.55. The fraction of sp³-hybridized carbons (Fsp3) is 0.500. The van der Waals surface area contributed by atoms with Gasteiger partial charge in [0.2, 0.25) is 12.1 Å². The first kappa shape index (κ1) is 6.34. The van der Waals surface area contributed by atoms with Crippen LogP contribution in [0.4, 0.5) is 0 Å². The van der Waals surface area contributed by atoms with Crippen molar-refractivity contribution in [3.63, 3.8) is 0 Å². The zero-order valence-corrected chi connectivity index (χ0v) is 5.80. The number of ether oxygens (including phenoxy) is 2. The molecule has 0 amide bonds. The molecule has 2 aliphatic rings. The number of ketones is 1. The highest BCUT2D eigenvalue weighted by Crippen LogP contribution is 2.24. The standard InChI is InChI=1S/C6H5ClO3/c7-4-1-3-2-9-6(10-3)5(4)8/h1,3,6H,2H2/t3-,6+/m0/s1. The minimum absolute atomic E-state index is 0.116. The van der Waals surface area contributed by atoms with Gasteiger partial charge >= 0.3 is 0 Å². The Balaban J connectivity index is 2.33. The zero-order valence-electron chi connectivity index (χ0n) is 5.04. The fourth-order valence-electron chi connectivity index (χ4n) is 1.00. The highest BCUT2D eigenvalue weighted by molar-refractivity contribution is 6.43. The van der Waals surface area contributed by atoms with Crippen LogP contribution >= 0.6 is 11.6 Å². The maximum absolute atomic E-state index is 10.9. The maximum Gasteiger partial charge on any atom is 0.229 e. The Labute approximate surface area is 62.6 Å². The minimum atomic E-state index is -0.734. The van der Waals surface area contributed by atoms with E-state index >= 15 is 0 Å². The minimum Gasteiger partial charge on any atom is -0.343 e. The first-order valence-electron chi connectivity index (χ1n) is 2.96. The van der Waals surface area contributed by atoms with Gasteiger partial charge in [-0.2, -0.15) is 0 Å². The average Bonchev–Trinajstić information content (AvgIpc) is 2.29. The molecule has 0 N–H and O–H groups in total. The lowest BCUT2D eigenvalue weighted by Crippen LogP contribution is -2.26. The van der Waals surface area contributed by atoms with Crippen LogP contribution in [-0.2, 0) is 14.3 Å². The Hall–Kier alpha value is -0.380. The first-order chi connectivity index (χ1) is 4.77. The number of rotatable bonds is 0. The van der Waals surface area contributed by atoms with Gasteiger partial charge in [-0.15, -0.1) is 0 Å². The van der Waals surface area contributed by atoms with E-state index in [-0.39, 0.29) is 16.9 Å². The average molecular weight is 161 g/mol. The Morgan fingerprint density at radius 1 is 1.70 bits per heavy atom. The number of halogens is 1. The molecular formula is C6H5ClO3. The highest BCUT2D eigenvalue weighted by atomic mass is 35.5. The summed E-state index contributed by atoms with van der Waals surface area (Å²) in [6.45, 7) is 0.437. The van der Waals surface area contributed by atoms with Gasteiger partial charge in [0.05, 0.1) is 11.6 Å². The van der Waals surface area contributed by atoms with Crippen LogP contribution in [0.2, 0.25) is 0 Å². The SMILES string of the molecule is O=C1C(Cl)=C[C@H]2CO[C@@H]1O2. The molecule has 54 valence electrons. The van der Waals surface area contributed by atoms with Gasteiger partial charge in [-0.3, -0.25) is 4.79 Å². The molecule has 2 heterocycles. The highest BCUT2D eigenvalue weighted by Gasteiger charge is 2.36. The summed E-state index contributed by atoms with van der Waals surface area (Å²) in [5.41, 5.74) is 0. The van der Waals surface area contributed by atoms with Crippen molar-refractivity contribution < 1.29 is 14.3 Å². The largest absolute Gasteiger partial charge is 0.343 e. The lowest BCUT2D eigenvalue weighted by atomic mass is 10.2. The van der Waals surface area contributed by atoms with Crippen molar-refractivity contribution in [2.24, 2.45) is 0 Å². The van der Waals surface area contributed by atoms with Crippen LogP contribution < -0.4 is 0 Å². The Bertz CT molecular complexity index is 211. The van der Waals surface area contributed by atoms with E-state index in [0.29, 0.717) is 6.61 Å². The zero-order chi connectivity index (χ0) is 7.14. The molecule has 1 fully saturated rings. The quantitative estimate of drug-likeness (QED) is 0.516. The summed E-state index contributed by atoms with van der Waals surface area (Å²) in [7, 11) is 0. The Morgan fingerprint density at radius 3 is 3.30 bits per heavy atom. The van der Waals surface area contributed by atoms with Gasteiger partial charge in [-0.05, 0) is 6.08 Å². The van der Waals surface area contributed by atoms with Crippen molar-refractivity contribution in [1.82, 2.24) is 0 Å². The molecule has 10 heavy (non-hydrogen) atoms. The van der Waals surface area contributed by atoms with Gasteiger partial charge in [0.15, 0.2) is 0 Å². The van der Waals surface area contributed by atoms with Crippen LogP contribution in [0, 0.1) is 0 Å². The molecule has 0 spiro atoms. The van der Waals surface area contributed by atoms with Crippen molar-refractivity contribution >= 4 is 17.4 Å². The molecule has 2 bridgehead atoms. The molecule has 2 aliphatic heterocycles. The third-order valence-electron chi connectivity index (χ3n) is 1.49. The number of hydrogen-bond donors (Lipinski definition) is 0. The van der Waals surface area contributed by atoms with E-state index in [2.05, 4.69) is 0 Å². The molecule has 0 aromatic carbocycles. The van der Waals surface area contributed by atoms with Crippen LogP contribution in [0.15, 0.2) is 11.1 Å². The smallest absolute Gasteiger partial charge is 0.229 e. The predicted octanol–water partition coefficient (Wildman–Crippen LogP) is 0.433. The second-order valence-corrected chi connectivity index (χ2v) is 2.63. The number of carbonyl (C=O) groups excluding carboxylic acids is 1. The summed E-state index contributed by atoms with van der Waals surface area (Å²) in [5, 5.41) is 0.235. The van der Waals surface area contributed by atoms with Crippen LogP contribution in [0.5, 0.6) is 0 Å².